The largest absolute Gasteiger partial charge is 0.497 e. The van der Waals surface area contributed by atoms with Crippen molar-refractivity contribution < 1.29 is 14.1 Å². The normalized spacial score (nSPS) is 10.4. The summed E-state index contributed by atoms with van der Waals surface area (Å²) in [5.41, 5.74) is 1.65. The second-order valence-electron chi connectivity index (χ2n) is 4.51. The molecule has 0 unspecified atom stereocenters. The van der Waals surface area contributed by atoms with Gasteiger partial charge in [0.2, 0.25) is 5.91 Å². The molecule has 0 spiro atoms. The molecule has 0 radical (unpaired) electrons. The molecule has 0 aliphatic carbocycles. The van der Waals surface area contributed by atoms with Crippen LogP contribution in [-0.4, -0.2) is 23.9 Å². The van der Waals surface area contributed by atoms with E-state index < -0.39 is 0 Å². The molecular formula is C15H18N2O3S. The SMILES string of the molecule is COc1cccc(NC(=O)CCSCc2cc(C)on2)c1. The Bertz CT molecular complexity index is 598. The van der Waals surface area contributed by atoms with Crippen molar-refractivity contribution in [3.8, 4) is 5.75 Å². The Morgan fingerprint density at radius 3 is 3.00 bits per heavy atom. The zero-order valence-corrected chi connectivity index (χ0v) is 12.9. The minimum Gasteiger partial charge on any atom is -0.497 e. The first-order valence-electron chi connectivity index (χ1n) is 6.61. The van der Waals surface area contributed by atoms with Gasteiger partial charge in [-0.3, -0.25) is 4.79 Å². The molecule has 2 rings (SSSR count). The molecule has 0 saturated carbocycles. The van der Waals surface area contributed by atoms with E-state index in [2.05, 4.69) is 10.5 Å². The van der Waals surface area contributed by atoms with E-state index >= 15 is 0 Å². The summed E-state index contributed by atoms with van der Waals surface area (Å²) >= 11 is 1.66. The summed E-state index contributed by atoms with van der Waals surface area (Å²) in [7, 11) is 1.60. The highest BCUT2D eigenvalue weighted by Gasteiger charge is 2.05. The molecule has 0 fully saturated rings. The van der Waals surface area contributed by atoms with Gasteiger partial charge in [-0.05, 0) is 19.1 Å². The molecule has 0 atom stereocenters. The Kier molecular flexibility index (Phi) is 5.68. The van der Waals surface area contributed by atoms with Crippen molar-refractivity contribution in [1.82, 2.24) is 5.16 Å². The van der Waals surface area contributed by atoms with Crippen molar-refractivity contribution in [3.05, 3.63) is 41.8 Å². The molecule has 0 saturated heterocycles. The van der Waals surface area contributed by atoms with E-state index in [1.54, 1.807) is 24.9 Å². The number of thioether (sulfide) groups is 1. The zero-order valence-electron chi connectivity index (χ0n) is 12.1. The molecule has 1 aromatic carbocycles. The molecule has 0 aliphatic rings. The molecule has 1 aromatic heterocycles. The number of ether oxygens (including phenoxy) is 1. The predicted octanol–water partition coefficient (Wildman–Crippen LogP) is 3.25. The maximum atomic E-state index is 11.8. The lowest BCUT2D eigenvalue weighted by molar-refractivity contribution is -0.115. The van der Waals surface area contributed by atoms with E-state index in [1.807, 2.05) is 31.2 Å². The van der Waals surface area contributed by atoms with Gasteiger partial charge in [0.05, 0.1) is 12.8 Å². The first-order valence-corrected chi connectivity index (χ1v) is 7.76. The summed E-state index contributed by atoms with van der Waals surface area (Å²) in [5, 5.41) is 6.76. The van der Waals surface area contributed by atoms with Gasteiger partial charge in [-0.25, -0.2) is 0 Å². The number of carbonyl (C=O) groups is 1. The summed E-state index contributed by atoms with van der Waals surface area (Å²) in [6.45, 7) is 1.86. The Labute approximate surface area is 128 Å². The smallest absolute Gasteiger partial charge is 0.225 e. The van der Waals surface area contributed by atoms with Gasteiger partial charge in [0.15, 0.2) is 0 Å². The van der Waals surface area contributed by atoms with E-state index in [9.17, 15) is 4.79 Å². The van der Waals surface area contributed by atoms with Crippen molar-refractivity contribution in [1.29, 1.82) is 0 Å². The number of aryl methyl sites for hydroxylation is 1. The van der Waals surface area contributed by atoms with E-state index in [-0.39, 0.29) is 5.91 Å². The standard InChI is InChI=1S/C15H18N2O3S/c1-11-8-13(17-20-11)10-21-7-6-15(18)16-12-4-3-5-14(9-12)19-2/h3-5,8-9H,6-7,10H2,1-2H3,(H,16,18). The highest BCUT2D eigenvalue weighted by molar-refractivity contribution is 7.98. The van der Waals surface area contributed by atoms with Gasteiger partial charge >= 0.3 is 0 Å². The summed E-state index contributed by atoms with van der Waals surface area (Å²) in [4.78, 5) is 11.8. The third-order valence-electron chi connectivity index (χ3n) is 2.75. The van der Waals surface area contributed by atoms with Crippen molar-refractivity contribution in [2.45, 2.75) is 19.1 Å². The zero-order chi connectivity index (χ0) is 15.1. The lowest BCUT2D eigenvalue weighted by atomic mass is 10.3. The topological polar surface area (TPSA) is 64.4 Å². The number of anilines is 1. The number of hydrogen-bond donors (Lipinski definition) is 1. The molecule has 2 aromatic rings. The summed E-state index contributed by atoms with van der Waals surface area (Å²) < 4.78 is 10.1. The Morgan fingerprint density at radius 1 is 1.43 bits per heavy atom. The first-order chi connectivity index (χ1) is 10.2. The molecule has 0 bridgehead atoms. The van der Waals surface area contributed by atoms with Gasteiger partial charge in [0.1, 0.15) is 11.5 Å². The molecule has 0 aliphatic heterocycles. The van der Waals surface area contributed by atoms with Crippen LogP contribution >= 0.6 is 11.8 Å². The van der Waals surface area contributed by atoms with Crippen LogP contribution in [0.25, 0.3) is 0 Å². The van der Waals surface area contributed by atoms with Crippen LogP contribution in [0.5, 0.6) is 5.75 Å². The number of benzene rings is 1. The number of carbonyl (C=O) groups excluding carboxylic acids is 1. The Morgan fingerprint density at radius 2 is 2.29 bits per heavy atom. The lowest BCUT2D eigenvalue weighted by Crippen LogP contribution is -2.12. The molecule has 6 heteroatoms. The van der Waals surface area contributed by atoms with Crippen LogP contribution in [0.15, 0.2) is 34.9 Å². The van der Waals surface area contributed by atoms with Gasteiger partial charge in [-0.1, -0.05) is 11.2 Å². The summed E-state index contributed by atoms with van der Waals surface area (Å²) in [5.74, 6) is 3.02. The second-order valence-corrected chi connectivity index (χ2v) is 5.62. The first kappa shape index (κ1) is 15.4. The quantitative estimate of drug-likeness (QED) is 0.795. The number of methoxy groups -OCH3 is 1. The van der Waals surface area contributed by atoms with Crippen LogP contribution in [0.4, 0.5) is 5.69 Å². The molecule has 1 N–H and O–H groups in total. The predicted molar refractivity (Wildman–Crippen MR) is 83.6 cm³/mol. The van der Waals surface area contributed by atoms with Crippen LogP contribution in [0, 0.1) is 6.92 Å². The van der Waals surface area contributed by atoms with E-state index in [0.717, 1.165) is 34.4 Å². The third kappa shape index (κ3) is 5.15. The third-order valence-corrected chi connectivity index (χ3v) is 3.75. The van der Waals surface area contributed by atoms with Crippen molar-refractivity contribution in [2.75, 3.05) is 18.2 Å². The molecule has 5 nitrogen and oxygen atoms in total. The minimum atomic E-state index is -0.00733. The number of hydrogen-bond acceptors (Lipinski definition) is 5. The lowest BCUT2D eigenvalue weighted by Gasteiger charge is -2.06. The summed E-state index contributed by atoms with van der Waals surface area (Å²) in [6.07, 6.45) is 0.457. The fourth-order valence-electron chi connectivity index (χ4n) is 1.75. The minimum absolute atomic E-state index is 0.00733. The van der Waals surface area contributed by atoms with Crippen LogP contribution in [0.2, 0.25) is 0 Å². The fraction of sp³-hybridized carbons (Fsp3) is 0.333. The van der Waals surface area contributed by atoms with Crippen molar-refractivity contribution in [2.24, 2.45) is 0 Å². The van der Waals surface area contributed by atoms with Gasteiger partial charge in [-0.2, -0.15) is 11.8 Å². The number of aromatic nitrogens is 1. The van der Waals surface area contributed by atoms with Crippen molar-refractivity contribution >= 4 is 23.4 Å². The van der Waals surface area contributed by atoms with Gasteiger partial charge in [-0.15, -0.1) is 0 Å². The average Bonchev–Trinajstić information content (AvgIpc) is 2.89. The monoisotopic (exact) mass is 306 g/mol. The Balaban J connectivity index is 1.69. The average molecular weight is 306 g/mol. The van der Waals surface area contributed by atoms with Gasteiger partial charge < -0.3 is 14.6 Å². The molecule has 1 amide bonds. The van der Waals surface area contributed by atoms with E-state index in [4.69, 9.17) is 9.26 Å². The van der Waals surface area contributed by atoms with Crippen molar-refractivity contribution in [3.63, 3.8) is 0 Å². The second kappa shape index (κ2) is 7.73. The number of amides is 1. The van der Waals surface area contributed by atoms with Crippen LogP contribution in [-0.2, 0) is 10.5 Å². The van der Waals surface area contributed by atoms with Gasteiger partial charge in [0, 0.05) is 35.7 Å². The molecular weight excluding hydrogens is 288 g/mol. The molecule has 1 heterocycles. The summed E-state index contributed by atoms with van der Waals surface area (Å²) in [6, 6.07) is 9.22. The maximum Gasteiger partial charge on any atom is 0.225 e. The van der Waals surface area contributed by atoms with Crippen LogP contribution < -0.4 is 10.1 Å². The van der Waals surface area contributed by atoms with Gasteiger partial charge in [0.25, 0.3) is 0 Å². The molecule has 112 valence electrons. The highest BCUT2D eigenvalue weighted by Crippen LogP contribution is 2.17. The fourth-order valence-corrected chi connectivity index (χ4v) is 2.57. The Hall–Kier alpha value is -1.95. The maximum absolute atomic E-state index is 11.8. The van der Waals surface area contributed by atoms with Crippen LogP contribution in [0.3, 0.4) is 0 Å². The number of nitrogens with zero attached hydrogens (tertiary/aromatic N) is 1. The van der Waals surface area contributed by atoms with E-state index in [0.29, 0.717) is 6.42 Å². The van der Waals surface area contributed by atoms with Crippen LogP contribution in [0.1, 0.15) is 17.9 Å². The number of rotatable bonds is 7. The molecule has 21 heavy (non-hydrogen) atoms. The highest BCUT2D eigenvalue weighted by atomic mass is 32.2. The number of nitrogens with one attached hydrogen (secondary N) is 1. The van der Waals surface area contributed by atoms with E-state index in [1.165, 1.54) is 0 Å².